The van der Waals surface area contributed by atoms with Crippen molar-refractivity contribution in [3.8, 4) is 11.5 Å². The average Bonchev–Trinajstić information content (AvgIpc) is 3.27. The Bertz CT molecular complexity index is 1040. The van der Waals surface area contributed by atoms with Crippen LogP contribution in [0.5, 0.6) is 0 Å². The number of hydrogen-bond donors (Lipinski definition) is 1. The van der Waals surface area contributed by atoms with E-state index in [1.54, 1.807) is 0 Å². The van der Waals surface area contributed by atoms with E-state index in [1.807, 2.05) is 55.6 Å². The highest BCUT2D eigenvalue weighted by molar-refractivity contribution is 7.14. The van der Waals surface area contributed by atoms with Crippen LogP contribution >= 0.6 is 11.3 Å². The van der Waals surface area contributed by atoms with Crippen molar-refractivity contribution in [2.24, 2.45) is 0 Å². The van der Waals surface area contributed by atoms with Crippen LogP contribution < -0.4 is 5.32 Å². The summed E-state index contributed by atoms with van der Waals surface area (Å²) in [5, 5.41) is 6.08. The highest BCUT2D eigenvalue weighted by Gasteiger charge is 2.19. The van der Waals surface area contributed by atoms with Gasteiger partial charge in [-0.15, -0.1) is 11.3 Å². The third-order valence-electron chi connectivity index (χ3n) is 3.77. The van der Waals surface area contributed by atoms with Gasteiger partial charge in [0.05, 0.1) is 0 Å². The number of carbonyl (C=O) groups excluding carboxylic acids is 1. The molecule has 0 saturated heterocycles. The van der Waals surface area contributed by atoms with E-state index < -0.39 is 0 Å². The van der Waals surface area contributed by atoms with Gasteiger partial charge in [-0.25, -0.2) is 4.98 Å². The molecule has 24 heavy (non-hydrogen) atoms. The fourth-order valence-electron chi connectivity index (χ4n) is 2.56. The molecule has 0 saturated carbocycles. The quantitative estimate of drug-likeness (QED) is 0.569. The van der Waals surface area contributed by atoms with Crippen molar-refractivity contribution in [1.29, 1.82) is 0 Å². The molecular formula is C18H14N2O3S. The highest BCUT2D eigenvalue weighted by atomic mass is 32.1. The lowest BCUT2D eigenvalue weighted by Crippen LogP contribution is -2.11. The molecule has 3 aromatic heterocycles. The van der Waals surface area contributed by atoms with Gasteiger partial charge in [-0.3, -0.25) is 10.1 Å². The lowest BCUT2D eigenvalue weighted by Gasteiger charge is -1.99. The summed E-state index contributed by atoms with van der Waals surface area (Å²) in [7, 11) is 0. The van der Waals surface area contributed by atoms with Gasteiger partial charge in [0.1, 0.15) is 17.0 Å². The topological polar surface area (TPSA) is 68.3 Å². The minimum atomic E-state index is -0.305. The Morgan fingerprint density at radius 2 is 1.96 bits per heavy atom. The van der Waals surface area contributed by atoms with E-state index in [0.29, 0.717) is 27.9 Å². The van der Waals surface area contributed by atoms with Crippen molar-refractivity contribution in [2.75, 3.05) is 5.32 Å². The number of thiazole rings is 1. The molecule has 0 fully saturated rings. The zero-order valence-electron chi connectivity index (χ0n) is 13.1. The number of anilines is 1. The van der Waals surface area contributed by atoms with E-state index in [2.05, 4.69) is 10.3 Å². The second-order valence-electron chi connectivity index (χ2n) is 5.45. The zero-order valence-corrected chi connectivity index (χ0v) is 13.9. The number of aryl methyl sites for hydroxylation is 2. The number of amides is 1. The van der Waals surface area contributed by atoms with Crippen LogP contribution in [0.25, 0.3) is 22.4 Å². The van der Waals surface area contributed by atoms with Crippen molar-refractivity contribution in [1.82, 2.24) is 4.98 Å². The maximum absolute atomic E-state index is 12.5. The van der Waals surface area contributed by atoms with E-state index >= 15 is 0 Å². The first kappa shape index (κ1) is 14.7. The van der Waals surface area contributed by atoms with Gasteiger partial charge in [0.25, 0.3) is 5.91 Å². The van der Waals surface area contributed by atoms with Crippen LogP contribution in [0.1, 0.15) is 21.9 Å². The second-order valence-corrected chi connectivity index (χ2v) is 6.31. The summed E-state index contributed by atoms with van der Waals surface area (Å²) in [6.07, 6.45) is 0. The molecule has 0 aliphatic rings. The lowest BCUT2D eigenvalue weighted by molar-refractivity contribution is 0.0998. The van der Waals surface area contributed by atoms with Gasteiger partial charge in [0.15, 0.2) is 16.7 Å². The molecule has 5 nitrogen and oxygen atoms in total. The van der Waals surface area contributed by atoms with Crippen LogP contribution in [0.2, 0.25) is 0 Å². The van der Waals surface area contributed by atoms with Crippen LogP contribution in [-0.2, 0) is 0 Å². The summed E-state index contributed by atoms with van der Waals surface area (Å²) in [4.78, 5) is 16.9. The first-order chi connectivity index (χ1) is 11.6. The summed E-state index contributed by atoms with van der Waals surface area (Å²) in [6, 6.07) is 11.3. The average molecular weight is 338 g/mol. The predicted octanol–water partition coefficient (Wildman–Crippen LogP) is 5.02. The normalized spacial score (nSPS) is 11.1. The van der Waals surface area contributed by atoms with Crippen LogP contribution in [-0.4, -0.2) is 10.9 Å². The van der Waals surface area contributed by atoms with Gasteiger partial charge >= 0.3 is 0 Å². The van der Waals surface area contributed by atoms with Crippen molar-refractivity contribution in [3.05, 3.63) is 58.9 Å². The number of fused-ring (bicyclic) bond motifs is 1. The molecule has 1 amide bonds. The fourth-order valence-corrected chi connectivity index (χ4v) is 3.26. The Kier molecular flexibility index (Phi) is 3.46. The fraction of sp³-hybridized carbons (Fsp3) is 0.111. The number of rotatable bonds is 3. The number of para-hydroxylation sites is 1. The molecule has 0 atom stereocenters. The summed E-state index contributed by atoms with van der Waals surface area (Å²) in [6.45, 7) is 3.75. The van der Waals surface area contributed by atoms with Crippen LogP contribution in [0, 0.1) is 13.8 Å². The number of carbonyl (C=O) groups is 1. The Balaban J connectivity index is 1.59. The molecule has 120 valence electrons. The molecule has 3 heterocycles. The Hall–Kier alpha value is -2.86. The first-order valence-corrected chi connectivity index (χ1v) is 8.31. The maximum Gasteiger partial charge on any atom is 0.293 e. The van der Waals surface area contributed by atoms with Crippen molar-refractivity contribution in [3.63, 3.8) is 0 Å². The highest BCUT2D eigenvalue weighted by Crippen LogP contribution is 2.28. The van der Waals surface area contributed by atoms with E-state index in [-0.39, 0.29) is 5.91 Å². The maximum atomic E-state index is 12.5. The molecular weight excluding hydrogens is 324 g/mol. The monoisotopic (exact) mass is 338 g/mol. The standard InChI is InChI=1S/C18H14N2O3S/c1-10-7-8-15(22-10)13-9-24-18(19-13)20-17(21)16-11(2)12-5-3-4-6-14(12)23-16/h3-9H,1-2H3,(H,19,20,21). The van der Waals surface area contributed by atoms with Crippen molar-refractivity contribution >= 4 is 33.3 Å². The minimum Gasteiger partial charge on any atom is -0.460 e. The number of nitrogens with one attached hydrogen (secondary N) is 1. The number of furan rings is 2. The zero-order chi connectivity index (χ0) is 16.7. The number of benzene rings is 1. The second kappa shape index (κ2) is 5.65. The number of hydrogen-bond acceptors (Lipinski definition) is 5. The smallest absolute Gasteiger partial charge is 0.293 e. The van der Waals surface area contributed by atoms with Gasteiger partial charge in [0, 0.05) is 16.3 Å². The molecule has 6 heteroatoms. The van der Waals surface area contributed by atoms with E-state index in [4.69, 9.17) is 8.83 Å². The molecule has 1 aromatic carbocycles. The van der Waals surface area contributed by atoms with Gasteiger partial charge in [0.2, 0.25) is 0 Å². The predicted molar refractivity (Wildman–Crippen MR) is 93.5 cm³/mol. The first-order valence-electron chi connectivity index (χ1n) is 7.43. The molecule has 4 aromatic rings. The largest absolute Gasteiger partial charge is 0.460 e. The molecule has 4 rings (SSSR count). The SMILES string of the molecule is Cc1ccc(-c2csc(NC(=O)c3oc4ccccc4c3C)n2)o1. The van der Waals surface area contributed by atoms with Gasteiger partial charge in [-0.1, -0.05) is 18.2 Å². The van der Waals surface area contributed by atoms with E-state index in [0.717, 1.165) is 16.7 Å². The summed E-state index contributed by atoms with van der Waals surface area (Å²) in [5.41, 5.74) is 2.22. The summed E-state index contributed by atoms with van der Waals surface area (Å²) < 4.78 is 11.2. The molecule has 0 radical (unpaired) electrons. The van der Waals surface area contributed by atoms with Crippen molar-refractivity contribution in [2.45, 2.75) is 13.8 Å². The number of aromatic nitrogens is 1. The molecule has 0 aliphatic heterocycles. The van der Waals surface area contributed by atoms with Gasteiger partial charge in [-0.2, -0.15) is 0 Å². The van der Waals surface area contributed by atoms with Gasteiger partial charge in [-0.05, 0) is 32.0 Å². The minimum absolute atomic E-state index is 0.305. The Labute approximate surface area is 141 Å². The van der Waals surface area contributed by atoms with E-state index in [9.17, 15) is 4.79 Å². The summed E-state index contributed by atoms with van der Waals surface area (Å²) in [5.74, 6) is 1.51. The third kappa shape index (κ3) is 2.51. The lowest BCUT2D eigenvalue weighted by atomic mass is 10.1. The van der Waals surface area contributed by atoms with Crippen LogP contribution in [0.3, 0.4) is 0 Å². The Morgan fingerprint density at radius 1 is 1.12 bits per heavy atom. The van der Waals surface area contributed by atoms with Crippen molar-refractivity contribution < 1.29 is 13.6 Å². The molecule has 0 unspecified atom stereocenters. The molecule has 1 N–H and O–H groups in total. The number of nitrogens with zero attached hydrogens (tertiary/aromatic N) is 1. The summed E-state index contributed by atoms with van der Waals surface area (Å²) >= 11 is 1.34. The van der Waals surface area contributed by atoms with Gasteiger partial charge < -0.3 is 8.83 Å². The van der Waals surface area contributed by atoms with E-state index in [1.165, 1.54) is 11.3 Å². The Morgan fingerprint density at radius 3 is 2.71 bits per heavy atom. The molecule has 0 aliphatic carbocycles. The van der Waals surface area contributed by atoms with Crippen LogP contribution in [0.15, 0.2) is 50.6 Å². The third-order valence-corrected chi connectivity index (χ3v) is 4.53. The molecule has 0 bridgehead atoms. The van der Waals surface area contributed by atoms with Crippen LogP contribution in [0.4, 0.5) is 5.13 Å². The molecule has 0 spiro atoms.